The van der Waals surface area contributed by atoms with Gasteiger partial charge in [0, 0.05) is 10.4 Å². The Labute approximate surface area is 151 Å². The summed E-state index contributed by atoms with van der Waals surface area (Å²) in [5, 5.41) is 3.49. The monoisotopic (exact) mass is 385 g/mol. The summed E-state index contributed by atoms with van der Waals surface area (Å²) in [7, 11) is 0. The van der Waals surface area contributed by atoms with Crippen LogP contribution in [0.4, 0.5) is 10.1 Å². The fourth-order valence-corrected chi connectivity index (χ4v) is 4.49. The Kier molecular flexibility index (Phi) is 4.00. The standard InChI is InChI=1S/C21H21BrFN/c1-12(2)13-6-8-14(9-7-13)20-17-5-3-4-16(17)18-10-15(22)11-19(23)21(18)24-20/h3-4,6-12,16-17,20,24H,5H2,1-2H3/t16-,17+,20+/m1/s1. The van der Waals surface area contributed by atoms with Crippen molar-refractivity contribution in [2.75, 3.05) is 5.32 Å². The van der Waals surface area contributed by atoms with Gasteiger partial charge in [-0.1, -0.05) is 66.2 Å². The lowest BCUT2D eigenvalue weighted by Gasteiger charge is -2.37. The molecule has 0 saturated carbocycles. The molecule has 1 heterocycles. The van der Waals surface area contributed by atoms with Crippen LogP contribution in [-0.2, 0) is 0 Å². The fourth-order valence-electron chi connectivity index (χ4n) is 4.04. The highest BCUT2D eigenvalue weighted by Crippen LogP contribution is 2.51. The van der Waals surface area contributed by atoms with Crippen LogP contribution in [0.3, 0.4) is 0 Å². The van der Waals surface area contributed by atoms with Crippen molar-refractivity contribution in [2.24, 2.45) is 5.92 Å². The number of hydrogen-bond acceptors (Lipinski definition) is 1. The zero-order chi connectivity index (χ0) is 16.8. The molecule has 0 radical (unpaired) electrons. The van der Waals surface area contributed by atoms with Crippen molar-refractivity contribution in [3.05, 3.63) is 75.5 Å². The molecule has 3 heteroatoms. The molecule has 1 aliphatic carbocycles. The largest absolute Gasteiger partial charge is 0.375 e. The first-order valence-electron chi connectivity index (χ1n) is 8.56. The molecular weight excluding hydrogens is 365 g/mol. The lowest BCUT2D eigenvalue weighted by molar-refractivity contribution is 0.420. The van der Waals surface area contributed by atoms with E-state index >= 15 is 0 Å². The number of allylic oxidation sites excluding steroid dienone is 2. The van der Waals surface area contributed by atoms with E-state index < -0.39 is 0 Å². The van der Waals surface area contributed by atoms with E-state index in [-0.39, 0.29) is 17.8 Å². The number of halogens is 2. The summed E-state index contributed by atoms with van der Waals surface area (Å²) in [6.45, 7) is 4.41. The number of rotatable bonds is 2. The minimum Gasteiger partial charge on any atom is -0.375 e. The zero-order valence-corrected chi connectivity index (χ0v) is 15.5. The van der Waals surface area contributed by atoms with Gasteiger partial charge in [-0.15, -0.1) is 0 Å². The van der Waals surface area contributed by atoms with Crippen LogP contribution in [0.2, 0.25) is 0 Å². The highest BCUT2D eigenvalue weighted by Gasteiger charge is 2.39. The van der Waals surface area contributed by atoms with E-state index in [1.165, 1.54) is 11.1 Å². The molecule has 0 unspecified atom stereocenters. The van der Waals surface area contributed by atoms with Gasteiger partial charge in [0.2, 0.25) is 0 Å². The molecule has 0 saturated heterocycles. The molecule has 1 aliphatic heterocycles. The van der Waals surface area contributed by atoms with E-state index in [1.807, 2.05) is 0 Å². The Bertz CT molecular complexity index is 794. The first-order chi connectivity index (χ1) is 11.5. The second-order valence-corrected chi connectivity index (χ2v) is 8.06. The van der Waals surface area contributed by atoms with Gasteiger partial charge in [0.1, 0.15) is 5.82 Å². The topological polar surface area (TPSA) is 12.0 Å². The predicted octanol–water partition coefficient (Wildman–Crippen LogP) is 6.54. The second-order valence-electron chi connectivity index (χ2n) is 7.15. The molecule has 1 N–H and O–H groups in total. The molecule has 24 heavy (non-hydrogen) atoms. The van der Waals surface area contributed by atoms with Gasteiger partial charge in [0.05, 0.1) is 11.7 Å². The van der Waals surface area contributed by atoms with Crippen molar-refractivity contribution in [3.8, 4) is 0 Å². The van der Waals surface area contributed by atoms with Crippen LogP contribution in [0.25, 0.3) is 0 Å². The Morgan fingerprint density at radius 3 is 2.62 bits per heavy atom. The first kappa shape index (κ1) is 15.9. The van der Waals surface area contributed by atoms with Crippen molar-refractivity contribution in [1.29, 1.82) is 0 Å². The van der Waals surface area contributed by atoms with Gasteiger partial charge < -0.3 is 5.32 Å². The average Bonchev–Trinajstić information content (AvgIpc) is 3.04. The Balaban J connectivity index is 1.75. The molecule has 2 aliphatic rings. The Hall–Kier alpha value is -1.61. The van der Waals surface area contributed by atoms with Crippen LogP contribution >= 0.6 is 15.9 Å². The summed E-state index contributed by atoms with van der Waals surface area (Å²) in [5.41, 5.74) is 4.30. The summed E-state index contributed by atoms with van der Waals surface area (Å²) in [6.07, 6.45) is 5.51. The van der Waals surface area contributed by atoms with Gasteiger partial charge in [-0.2, -0.15) is 0 Å². The number of hydrogen-bond donors (Lipinski definition) is 1. The second kappa shape index (κ2) is 6.03. The van der Waals surface area contributed by atoms with E-state index in [9.17, 15) is 4.39 Å². The lowest BCUT2D eigenvalue weighted by Crippen LogP contribution is -2.29. The molecule has 0 spiro atoms. The van der Waals surface area contributed by atoms with Gasteiger partial charge >= 0.3 is 0 Å². The summed E-state index contributed by atoms with van der Waals surface area (Å²) < 4.78 is 15.3. The Morgan fingerprint density at radius 1 is 1.17 bits per heavy atom. The first-order valence-corrected chi connectivity index (χ1v) is 9.36. The molecule has 0 fully saturated rings. The summed E-state index contributed by atoms with van der Waals surface area (Å²) in [6, 6.07) is 12.5. The third-order valence-electron chi connectivity index (χ3n) is 5.35. The van der Waals surface area contributed by atoms with Crippen molar-refractivity contribution in [2.45, 2.75) is 38.1 Å². The number of fused-ring (bicyclic) bond motifs is 3. The molecule has 0 bridgehead atoms. The summed E-state index contributed by atoms with van der Waals surface area (Å²) in [4.78, 5) is 0. The Morgan fingerprint density at radius 2 is 1.92 bits per heavy atom. The van der Waals surface area contributed by atoms with Gasteiger partial charge in [0.25, 0.3) is 0 Å². The number of nitrogens with one attached hydrogen (secondary N) is 1. The van der Waals surface area contributed by atoms with E-state index in [4.69, 9.17) is 0 Å². The minimum atomic E-state index is -0.179. The van der Waals surface area contributed by atoms with E-state index in [0.29, 0.717) is 17.5 Å². The molecule has 0 amide bonds. The molecule has 2 aromatic rings. The van der Waals surface area contributed by atoms with Crippen LogP contribution in [0.15, 0.2) is 53.0 Å². The quantitative estimate of drug-likeness (QED) is 0.578. The maximum atomic E-state index is 14.5. The summed E-state index contributed by atoms with van der Waals surface area (Å²) in [5.74, 6) is 1.07. The maximum absolute atomic E-state index is 14.5. The van der Waals surface area contributed by atoms with E-state index in [2.05, 4.69) is 77.6 Å². The van der Waals surface area contributed by atoms with Crippen molar-refractivity contribution in [3.63, 3.8) is 0 Å². The molecule has 1 nitrogen and oxygen atoms in total. The molecule has 3 atom stereocenters. The molecular formula is C21H21BrFN. The van der Waals surface area contributed by atoms with Crippen LogP contribution in [0.5, 0.6) is 0 Å². The molecule has 0 aromatic heterocycles. The third kappa shape index (κ3) is 2.59. The highest BCUT2D eigenvalue weighted by molar-refractivity contribution is 9.10. The van der Waals surface area contributed by atoms with Gasteiger partial charge in [-0.25, -0.2) is 4.39 Å². The zero-order valence-electron chi connectivity index (χ0n) is 13.9. The number of benzene rings is 2. The minimum absolute atomic E-state index is 0.148. The van der Waals surface area contributed by atoms with Gasteiger partial charge in [-0.05, 0) is 47.1 Å². The van der Waals surface area contributed by atoms with Crippen molar-refractivity contribution >= 4 is 21.6 Å². The molecule has 2 aromatic carbocycles. The molecule has 4 rings (SSSR count). The predicted molar refractivity (Wildman–Crippen MR) is 101 cm³/mol. The third-order valence-corrected chi connectivity index (χ3v) is 5.81. The molecule has 124 valence electrons. The van der Waals surface area contributed by atoms with Gasteiger partial charge in [-0.3, -0.25) is 0 Å². The van der Waals surface area contributed by atoms with Crippen LogP contribution in [0.1, 0.15) is 54.8 Å². The normalized spacial score (nSPS) is 24.6. The van der Waals surface area contributed by atoms with Crippen LogP contribution in [-0.4, -0.2) is 0 Å². The van der Waals surface area contributed by atoms with Crippen molar-refractivity contribution < 1.29 is 4.39 Å². The lowest BCUT2D eigenvalue weighted by atomic mass is 9.77. The van der Waals surface area contributed by atoms with Crippen LogP contribution in [0, 0.1) is 11.7 Å². The average molecular weight is 386 g/mol. The van der Waals surface area contributed by atoms with Crippen molar-refractivity contribution in [1.82, 2.24) is 0 Å². The highest BCUT2D eigenvalue weighted by atomic mass is 79.9. The number of anilines is 1. The smallest absolute Gasteiger partial charge is 0.147 e. The SMILES string of the molecule is CC(C)c1ccc([C@@H]2Nc3c(F)cc(Br)cc3[C@@H]3C=CC[C@@H]32)cc1. The maximum Gasteiger partial charge on any atom is 0.147 e. The van der Waals surface area contributed by atoms with E-state index in [1.54, 1.807) is 6.07 Å². The van der Waals surface area contributed by atoms with E-state index in [0.717, 1.165) is 16.5 Å². The van der Waals surface area contributed by atoms with Crippen LogP contribution < -0.4 is 5.32 Å². The fraction of sp³-hybridized carbons (Fsp3) is 0.333. The van der Waals surface area contributed by atoms with Gasteiger partial charge in [0.15, 0.2) is 0 Å². The summed E-state index contributed by atoms with van der Waals surface area (Å²) >= 11 is 3.43.